The van der Waals surface area contributed by atoms with Gasteiger partial charge in [-0.3, -0.25) is 0 Å². The van der Waals surface area contributed by atoms with Crippen molar-refractivity contribution in [1.82, 2.24) is 0 Å². The summed E-state index contributed by atoms with van der Waals surface area (Å²) in [6, 6.07) is 5.80. The third-order valence-corrected chi connectivity index (χ3v) is 4.32. The number of carbonyl (C=O) groups excluding carboxylic acids is 2. The van der Waals surface area contributed by atoms with E-state index < -0.39 is 35.3 Å². The van der Waals surface area contributed by atoms with E-state index in [0.717, 1.165) is 18.2 Å². The summed E-state index contributed by atoms with van der Waals surface area (Å²) >= 11 is 0. The lowest BCUT2D eigenvalue weighted by atomic mass is 10.2. The highest BCUT2D eigenvalue weighted by Crippen LogP contribution is 2.37. The van der Waals surface area contributed by atoms with Crippen molar-refractivity contribution in [3.8, 4) is 28.7 Å². The number of rotatable bonds is 4. The number of esters is 2. The number of hydrogen-bond acceptors (Lipinski definition) is 11. The van der Waals surface area contributed by atoms with Crippen LogP contribution in [-0.4, -0.2) is 69.2 Å². The molecular formula is C20H20O11. The van der Waals surface area contributed by atoms with Gasteiger partial charge in [0.05, 0.1) is 24.3 Å². The largest absolute Gasteiger partial charge is 0.504 e. The van der Waals surface area contributed by atoms with E-state index in [1.54, 1.807) is 6.92 Å². The quantitative estimate of drug-likeness (QED) is 0.266. The zero-order valence-electron chi connectivity index (χ0n) is 16.2. The number of carbonyl (C=O) groups is 2. The highest BCUT2D eigenvalue weighted by molar-refractivity contribution is 5.91. The zero-order chi connectivity index (χ0) is 22.7. The molecule has 2 aromatic rings. The third kappa shape index (κ3) is 5.08. The van der Waals surface area contributed by atoms with Gasteiger partial charge in [0, 0.05) is 0 Å². The Kier molecular flexibility index (Phi) is 6.37. The van der Waals surface area contributed by atoms with Gasteiger partial charge in [-0.25, -0.2) is 9.59 Å². The number of phenolic OH excluding ortho intramolecular Hbond substituents is 5. The van der Waals surface area contributed by atoms with Crippen LogP contribution in [0.4, 0.5) is 0 Å². The lowest BCUT2D eigenvalue weighted by Crippen LogP contribution is -2.24. The molecule has 2 heterocycles. The van der Waals surface area contributed by atoms with E-state index in [9.17, 15) is 19.8 Å². The Balaban J connectivity index is 0.000000187. The number of fused-ring (bicyclic) bond motifs is 1. The van der Waals surface area contributed by atoms with Gasteiger partial charge >= 0.3 is 11.9 Å². The normalized spacial score (nSPS) is 20.7. The van der Waals surface area contributed by atoms with E-state index in [1.165, 1.54) is 12.1 Å². The maximum Gasteiger partial charge on any atom is 0.338 e. The third-order valence-electron chi connectivity index (χ3n) is 4.32. The second kappa shape index (κ2) is 8.98. The maximum atomic E-state index is 11.7. The minimum Gasteiger partial charge on any atom is -0.504 e. The highest BCUT2D eigenvalue weighted by atomic mass is 16.8. The first-order valence-electron chi connectivity index (χ1n) is 9.13. The summed E-state index contributed by atoms with van der Waals surface area (Å²) in [6.45, 7) is 2.23. The molecule has 0 bridgehead atoms. The molecule has 5 N–H and O–H groups in total. The fourth-order valence-corrected chi connectivity index (χ4v) is 2.68. The molecule has 3 atom stereocenters. The number of hydrogen-bond donors (Lipinski definition) is 5. The Labute approximate surface area is 175 Å². The standard InChI is InChI=1S/C11H10O7.C9H10O4/c12-5-1-4(2-6(13)8(5)14)10(15)17-7-3-16-11-9(7)18-11;1-2-13-9(12)6-3-4-7(10)8(11)5-6/h1-2,7,9,11-14H,3H2;3-5,10-11H,2H2,1H3. The topological polar surface area (TPSA) is 176 Å². The molecule has 11 heteroatoms. The molecule has 4 rings (SSSR count). The monoisotopic (exact) mass is 436 g/mol. The molecule has 2 aromatic carbocycles. The van der Waals surface area contributed by atoms with E-state index in [1.807, 2.05) is 0 Å². The van der Waals surface area contributed by atoms with Crippen LogP contribution >= 0.6 is 0 Å². The van der Waals surface area contributed by atoms with Crippen molar-refractivity contribution in [3.63, 3.8) is 0 Å². The molecule has 0 amide bonds. The smallest absolute Gasteiger partial charge is 0.338 e. The van der Waals surface area contributed by atoms with E-state index in [2.05, 4.69) is 0 Å². The average molecular weight is 436 g/mol. The molecule has 0 radical (unpaired) electrons. The summed E-state index contributed by atoms with van der Waals surface area (Å²) in [5.41, 5.74) is 0.157. The molecule has 2 fully saturated rings. The maximum absolute atomic E-state index is 11.7. The van der Waals surface area contributed by atoms with Crippen LogP contribution in [0, 0.1) is 0 Å². The molecule has 0 aliphatic carbocycles. The summed E-state index contributed by atoms with van der Waals surface area (Å²) in [6.07, 6.45) is -1.00. The molecule has 0 saturated carbocycles. The van der Waals surface area contributed by atoms with Crippen molar-refractivity contribution in [2.24, 2.45) is 0 Å². The molecule has 2 aliphatic rings. The van der Waals surface area contributed by atoms with Gasteiger partial charge < -0.3 is 44.5 Å². The van der Waals surface area contributed by atoms with Crippen LogP contribution in [0.3, 0.4) is 0 Å². The molecule has 2 saturated heterocycles. The summed E-state index contributed by atoms with van der Waals surface area (Å²) in [5, 5.41) is 45.7. The molecule has 3 unspecified atom stereocenters. The second-order valence-electron chi connectivity index (χ2n) is 6.53. The van der Waals surface area contributed by atoms with E-state index in [0.29, 0.717) is 0 Å². The van der Waals surface area contributed by atoms with Gasteiger partial charge in [0.1, 0.15) is 0 Å². The van der Waals surface area contributed by atoms with Crippen molar-refractivity contribution in [3.05, 3.63) is 41.5 Å². The summed E-state index contributed by atoms with van der Waals surface area (Å²) in [5.74, 6) is -3.70. The lowest BCUT2D eigenvalue weighted by molar-refractivity contribution is -0.0267. The van der Waals surface area contributed by atoms with Crippen LogP contribution in [0.2, 0.25) is 0 Å². The molecule has 31 heavy (non-hydrogen) atoms. The van der Waals surface area contributed by atoms with Gasteiger partial charge in [0.2, 0.25) is 0 Å². The van der Waals surface area contributed by atoms with Crippen molar-refractivity contribution in [1.29, 1.82) is 0 Å². The number of phenols is 5. The van der Waals surface area contributed by atoms with E-state index in [-0.39, 0.29) is 48.2 Å². The van der Waals surface area contributed by atoms with Gasteiger partial charge in [-0.15, -0.1) is 0 Å². The SMILES string of the molecule is CCOC(=O)c1ccc(O)c(O)c1.O=C(OC1COC2OC12)c1cc(O)c(O)c(O)c1. The Bertz CT molecular complexity index is 964. The Morgan fingerprint density at radius 1 is 0.935 bits per heavy atom. The molecule has 0 aromatic heterocycles. The Morgan fingerprint density at radius 3 is 2.10 bits per heavy atom. The van der Waals surface area contributed by atoms with E-state index in [4.69, 9.17) is 34.3 Å². The van der Waals surface area contributed by atoms with Crippen molar-refractivity contribution >= 4 is 11.9 Å². The van der Waals surface area contributed by atoms with Crippen LogP contribution in [0.15, 0.2) is 30.3 Å². The summed E-state index contributed by atoms with van der Waals surface area (Å²) < 4.78 is 19.9. The molecule has 0 spiro atoms. The van der Waals surface area contributed by atoms with Gasteiger partial charge in [0.25, 0.3) is 0 Å². The molecule has 2 aliphatic heterocycles. The minimum absolute atomic E-state index is 0.0631. The summed E-state index contributed by atoms with van der Waals surface area (Å²) in [7, 11) is 0. The van der Waals surface area contributed by atoms with Crippen molar-refractivity contribution < 1.29 is 54.1 Å². The van der Waals surface area contributed by atoms with Crippen LogP contribution in [0.25, 0.3) is 0 Å². The van der Waals surface area contributed by atoms with Crippen LogP contribution < -0.4 is 0 Å². The average Bonchev–Trinajstić information content (AvgIpc) is 3.42. The second-order valence-corrected chi connectivity index (χ2v) is 6.53. The first kappa shape index (κ1) is 22.0. The Hall–Kier alpha value is -3.70. The predicted octanol–water partition coefficient (Wildman–Crippen LogP) is 1.36. The van der Waals surface area contributed by atoms with Gasteiger partial charge in [-0.2, -0.15) is 0 Å². The molecular weight excluding hydrogens is 416 g/mol. The minimum atomic E-state index is -0.731. The van der Waals surface area contributed by atoms with Gasteiger partial charge in [0.15, 0.2) is 47.2 Å². The first-order valence-corrected chi connectivity index (χ1v) is 9.13. The van der Waals surface area contributed by atoms with Crippen molar-refractivity contribution in [2.75, 3.05) is 13.2 Å². The van der Waals surface area contributed by atoms with Gasteiger partial charge in [-0.05, 0) is 37.3 Å². The van der Waals surface area contributed by atoms with Crippen molar-refractivity contribution in [2.45, 2.75) is 25.4 Å². The highest BCUT2D eigenvalue weighted by Gasteiger charge is 2.54. The predicted molar refractivity (Wildman–Crippen MR) is 101 cm³/mol. The van der Waals surface area contributed by atoms with Gasteiger partial charge in [-0.1, -0.05) is 0 Å². The molecule has 166 valence electrons. The zero-order valence-corrected chi connectivity index (χ0v) is 16.2. The number of ether oxygens (including phenoxy) is 4. The number of benzene rings is 2. The number of epoxide rings is 1. The number of aromatic hydroxyl groups is 5. The fourth-order valence-electron chi connectivity index (χ4n) is 2.68. The van der Waals surface area contributed by atoms with E-state index >= 15 is 0 Å². The summed E-state index contributed by atoms with van der Waals surface area (Å²) in [4.78, 5) is 22.8. The van der Waals surface area contributed by atoms with Crippen LogP contribution in [-0.2, 0) is 18.9 Å². The molecule has 11 nitrogen and oxygen atoms in total. The fraction of sp³-hybridized carbons (Fsp3) is 0.300. The van der Waals surface area contributed by atoms with Crippen LogP contribution in [0.5, 0.6) is 28.7 Å². The first-order chi connectivity index (χ1) is 14.7. The van der Waals surface area contributed by atoms with Crippen LogP contribution in [0.1, 0.15) is 27.6 Å². The Morgan fingerprint density at radius 2 is 1.58 bits per heavy atom. The lowest BCUT2D eigenvalue weighted by Gasteiger charge is -2.12.